The maximum atomic E-state index is 9.50. The largest absolute Gasteiger partial charge is 0.393 e. The summed E-state index contributed by atoms with van der Waals surface area (Å²) in [6, 6.07) is 0. The second-order valence-electron chi connectivity index (χ2n) is 8.40. The van der Waals surface area contributed by atoms with Crippen LogP contribution in [0.5, 0.6) is 0 Å². The van der Waals surface area contributed by atoms with Gasteiger partial charge in [-0.15, -0.1) is 0 Å². The van der Waals surface area contributed by atoms with Crippen LogP contribution in [0.25, 0.3) is 0 Å². The summed E-state index contributed by atoms with van der Waals surface area (Å²) in [6.45, 7) is 13.4. The van der Waals surface area contributed by atoms with Crippen molar-refractivity contribution in [3.05, 3.63) is 12.2 Å². The van der Waals surface area contributed by atoms with Crippen molar-refractivity contribution in [2.24, 2.45) is 23.2 Å². The van der Waals surface area contributed by atoms with Crippen molar-refractivity contribution in [3.8, 4) is 0 Å². The van der Waals surface area contributed by atoms with Crippen LogP contribution in [0.3, 0.4) is 0 Å². The molecule has 4 atom stereocenters. The molecule has 0 aliphatic heterocycles. The number of hydrogen-bond donors (Lipinski definition) is 2. The van der Waals surface area contributed by atoms with E-state index in [1.807, 2.05) is 0 Å². The lowest BCUT2D eigenvalue weighted by Gasteiger charge is -2.43. The molecule has 130 valence electrons. The van der Waals surface area contributed by atoms with E-state index in [0.717, 1.165) is 36.2 Å². The first-order valence-electron chi connectivity index (χ1n) is 9.24. The van der Waals surface area contributed by atoms with Crippen molar-refractivity contribution >= 4 is 0 Å². The van der Waals surface area contributed by atoms with E-state index in [2.05, 4.69) is 34.3 Å². The van der Waals surface area contributed by atoms with Crippen LogP contribution >= 0.6 is 0 Å². The van der Waals surface area contributed by atoms with Gasteiger partial charge in [0.05, 0.1) is 12.7 Å². The van der Waals surface area contributed by atoms with Gasteiger partial charge >= 0.3 is 0 Å². The third kappa shape index (κ3) is 6.04. The molecule has 1 rings (SSSR count). The SMILES string of the molecule is C=C(CCCC(C)CCC1C(C)CCCC1(C)C)C(O)CO. The van der Waals surface area contributed by atoms with Crippen molar-refractivity contribution in [2.75, 3.05) is 6.61 Å². The molecule has 2 N–H and O–H groups in total. The summed E-state index contributed by atoms with van der Waals surface area (Å²) in [5.74, 6) is 2.48. The third-order valence-electron chi connectivity index (χ3n) is 5.98. The summed E-state index contributed by atoms with van der Waals surface area (Å²) in [7, 11) is 0. The Labute approximate surface area is 138 Å². The van der Waals surface area contributed by atoms with E-state index in [9.17, 15) is 5.11 Å². The summed E-state index contributed by atoms with van der Waals surface area (Å²) in [5, 5.41) is 18.4. The zero-order chi connectivity index (χ0) is 16.8. The highest BCUT2D eigenvalue weighted by atomic mass is 16.3. The lowest BCUT2D eigenvalue weighted by Crippen LogP contribution is -2.33. The van der Waals surface area contributed by atoms with Crippen LogP contribution in [0, 0.1) is 23.2 Å². The predicted octanol–water partition coefficient (Wildman–Crippen LogP) is 4.94. The molecular weight excluding hydrogens is 272 g/mol. The molecule has 1 fully saturated rings. The van der Waals surface area contributed by atoms with Gasteiger partial charge < -0.3 is 10.2 Å². The minimum atomic E-state index is -0.737. The Bertz CT molecular complexity index is 335. The number of aliphatic hydroxyl groups is 2. The number of aliphatic hydroxyl groups excluding tert-OH is 2. The minimum absolute atomic E-state index is 0.205. The molecular formula is C20H38O2. The molecule has 2 heteroatoms. The van der Waals surface area contributed by atoms with Crippen LogP contribution in [0.4, 0.5) is 0 Å². The Morgan fingerprint density at radius 1 is 1.32 bits per heavy atom. The molecule has 2 nitrogen and oxygen atoms in total. The first-order chi connectivity index (χ1) is 10.3. The van der Waals surface area contributed by atoms with Crippen molar-refractivity contribution in [1.29, 1.82) is 0 Å². The van der Waals surface area contributed by atoms with Gasteiger partial charge in [-0.2, -0.15) is 0 Å². The molecule has 1 aliphatic rings. The predicted molar refractivity (Wildman–Crippen MR) is 94.8 cm³/mol. The van der Waals surface area contributed by atoms with E-state index in [1.165, 1.54) is 38.5 Å². The van der Waals surface area contributed by atoms with Crippen LogP contribution in [-0.2, 0) is 0 Å². The van der Waals surface area contributed by atoms with Gasteiger partial charge in [-0.05, 0) is 54.4 Å². The molecule has 0 aromatic rings. The van der Waals surface area contributed by atoms with Gasteiger partial charge in [0.2, 0.25) is 0 Å². The summed E-state index contributed by atoms with van der Waals surface area (Å²) < 4.78 is 0. The highest BCUT2D eigenvalue weighted by Crippen LogP contribution is 2.46. The molecule has 0 bridgehead atoms. The maximum absolute atomic E-state index is 9.50. The Hall–Kier alpha value is -0.340. The summed E-state index contributed by atoms with van der Waals surface area (Å²) in [5.41, 5.74) is 1.29. The van der Waals surface area contributed by atoms with Crippen LogP contribution < -0.4 is 0 Å². The molecule has 0 spiro atoms. The van der Waals surface area contributed by atoms with Gasteiger partial charge in [0.15, 0.2) is 0 Å². The normalized spacial score (nSPS) is 27.4. The van der Waals surface area contributed by atoms with Crippen LogP contribution in [-0.4, -0.2) is 22.9 Å². The van der Waals surface area contributed by atoms with E-state index in [1.54, 1.807) is 0 Å². The van der Waals surface area contributed by atoms with Gasteiger partial charge in [-0.25, -0.2) is 0 Å². The summed E-state index contributed by atoms with van der Waals surface area (Å²) >= 11 is 0. The molecule has 4 unspecified atom stereocenters. The molecule has 0 amide bonds. The average molecular weight is 311 g/mol. The van der Waals surface area contributed by atoms with Crippen LogP contribution in [0.1, 0.15) is 79.1 Å². The fourth-order valence-corrected chi connectivity index (χ4v) is 4.29. The second kappa shape index (κ2) is 9.08. The van der Waals surface area contributed by atoms with Crippen molar-refractivity contribution in [3.63, 3.8) is 0 Å². The molecule has 0 heterocycles. The van der Waals surface area contributed by atoms with Gasteiger partial charge in [0, 0.05) is 0 Å². The van der Waals surface area contributed by atoms with E-state index in [0.29, 0.717) is 5.41 Å². The molecule has 0 saturated heterocycles. The zero-order valence-electron chi connectivity index (χ0n) is 15.3. The van der Waals surface area contributed by atoms with Crippen molar-refractivity contribution < 1.29 is 10.2 Å². The zero-order valence-corrected chi connectivity index (χ0v) is 15.3. The molecule has 1 aliphatic carbocycles. The van der Waals surface area contributed by atoms with E-state index in [4.69, 9.17) is 5.11 Å². The maximum Gasteiger partial charge on any atom is 0.0978 e. The number of hydrogen-bond acceptors (Lipinski definition) is 2. The van der Waals surface area contributed by atoms with Crippen molar-refractivity contribution in [2.45, 2.75) is 85.2 Å². The van der Waals surface area contributed by atoms with Crippen molar-refractivity contribution in [1.82, 2.24) is 0 Å². The second-order valence-corrected chi connectivity index (χ2v) is 8.40. The summed E-state index contributed by atoms with van der Waals surface area (Å²) in [4.78, 5) is 0. The minimum Gasteiger partial charge on any atom is -0.393 e. The molecule has 0 radical (unpaired) electrons. The van der Waals surface area contributed by atoms with Gasteiger partial charge in [-0.3, -0.25) is 0 Å². The van der Waals surface area contributed by atoms with E-state index >= 15 is 0 Å². The highest BCUT2D eigenvalue weighted by molar-refractivity contribution is 5.01. The van der Waals surface area contributed by atoms with E-state index < -0.39 is 6.10 Å². The fraction of sp³-hybridized carbons (Fsp3) is 0.900. The van der Waals surface area contributed by atoms with Crippen LogP contribution in [0.15, 0.2) is 12.2 Å². The fourth-order valence-electron chi connectivity index (χ4n) is 4.29. The third-order valence-corrected chi connectivity index (χ3v) is 5.98. The highest BCUT2D eigenvalue weighted by Gasteiger charge is 2.36. The Kier molecular flexibility index (Phi) is 8.13. The average Bonchev–Trinajstić information content (AvgIpc) is 2.45. The number of rotatable bonds is 9. The van der Waals surface area contributed by atoms with Gasteiger partial charge in [0.1, 0.15) is 0 Å². The van der Waals surface area contributed by atoms with Gasteiger partial charge in [-0.1, -0.05) is 60.0 Å². The Balaban J connectivity index is 2.27. The quantitative estimate of drug-likeness (QED) is 0.592. The standard InChI is InChI=1S/C20H38O2/c1-15(8-6-9-17(3)19(22)14-21)11-12-18-16(2)10-7-13-20(18,4)5/h15-16,18-19,21-22H,3,6-14H2,1-2,4-5H3. The molecule has 1 saturated carbocycles. The lowest BCUT2D eigenvalue weighted by molar-refractivity contribution is 0.0706. The Morgan fingerprint density at radius 2 is 2.00 bits per heavy atom. The molecule has 22 heavy (non-hydrogen) atoms. The monoisotopic (exact) mass is 310 g/mol. The van der Waals surface area contributed by atoms with Gasteiger partial charge in [0.25, 0.3) is 0 Å². The van der Waals surface area contributed by atoms with Crippen LogP contribution in [0.2, 0.25) is 0 Å². The smallest absolute Gasteiger partial charge is 0.0978 e. The molecule has 0 aromatic carbocycles. The van der Waals surface area contributed by atoms with E-state index in [-0.39, 0.29) is 6.61 Å². The first kappa shape index (κ1) is 19.7. The molecule has 0 aromatic heterocycles. The first-order valence-corrected chi connectivity index (χ1v) is 9.24. The topological polar surface area (TPSA) is 40.5 Å². The lowest BCUT2D eigenvalue weighted by atomic mass is 9.62. The Morgan fingerprint density at radius 3 is 2.59 bits per heavy atom. The summed E-state index contributed by atoms with van der Waals surface area (Å²) in [6.07, 6.45) is 9.21.